The first-order chi connectivity index (χ1) is 13.9. The van der Waals surface area contributed by atoms with Crippen LogP contribution in [0.2, 0.25) is 0 Å². The maximum absolute atomic E-state index is 5.36. The fraction of sp³-hybridized carbons (Fsp3) is 0.250. The lowest BCUT2D eigenvalue weighted by Gasteiger charge is -2.28. The molecular weight excluding hydrogens is 363 g/mol. The number of ether oxygens (including phenoxy) is 1. The Hall–Kier alpha value is -1.70. The van der Waals surface area contributed by atoms with Crippen molar-refractivity contribution in [3.63, 3.8) is 0 Å². The van der Waals surface area contributed by atoms with Crippen LogP contribution in [0.15, 0.2) is 65.8 Å². The summed E-state index contributed by atoms with van der Waals surface area (Å²) in [5.74, 6) is 1.21. The van der Waals surface area contributed by atoms with Gasteiger partial charge in [-0.05, 0) is 50.6 Å². The van der Waals surface area contributed by atoms with Crippen molar-refractivity contribution in [1.82, 2.24) is 5.01 Å². The molecule has 1 saturated carbocycles. The second-order valence-electron chi connectivity index (χ2n) is 7.03. The van der Waals surface area contributed by atoms with Crippen molar-refractivity contribution in [2.75, 3.05) is 20.3 Å². The quantitative estimate of drug-likeness (QED) is 0.529. The van der Waals surface area contributed by atoms with Crippen molar-refractivity contribution in [2.24, 2.45) is 5.10 Å². The zero-order valence-electron chi connectivity index (χ0n) is 16.2. The summed E-state index contributed by atoms with van der Waals surface area (Å²) < 4.78 is 5.36. The molecule has 1 heterocycles. The smallest absolute Gasteiger partial charge is 0.0704 e. The van der Waals surface area contributed by atoms with Crippen LogP contribution in [0.1, 0.15) is 12.8 Å². The third kappa shape index (κ3) is 4.47. The van der Waals surface area contributed by atoms with Crippen LogP contribution in [-0.4, -0.2) is 37.5 Å². The molecule has 2 aromatic rings. The molecule has 4 heteroatoms. The molecule has 0 aromatic heterocycles. The van der Waals surface area contributed by atoms with E-state index in [1.807, 2.05) is 6.21 Å². The molecule has 0 bridgehead atoms. The van der Waals surface area contributed by atoms with Crippen LogP contribution >= 0.6 is 7.92 Å². The topological polar surface area (TPSA) is 24.8 Å². The van der Waals surface area contributed by atoms with Crippen molar-refractivity contribution >= 4 is 24.7 Å². The summed E-state index contributed by atoms with van der Waals surface area (Å²) in [6.45, 7) is 1.75. The average Bonchev–Trinajstić information content (AvgIpc) is 3.38. The van der Waals surface area contributed by atoms with E-state index in [2.05, 4.69) is 84.9 Å². The van der Waals surface area contributed by atoms with Gasteiger partial charge in [-0.25, -0.2) is 0 Å². The maximum atomic E-state index is 5.36. The Morgan fingerprint density at radius 1 is 1.04 bits per heavy atom. The summed E-state index contributed by atoms with van der Waals surface area (Å²) in [5.41, 5.74) is 1.36. The van der Waals surface area contributed by atoms with E-state index in [4.69, 9.17) is 9.84 Å². The van der Waals surface area contributed by atoms with E-state index in [1.165, 1.54) is 28.6 Å². The maximum Gasteiger partial charge on any atom is 0.0704 e. The van der Waals surface area contributed by atoms with Gasteiger partial charge in [-0.1, -0.05) is 60.7 Å². The Labute approximate surface area is 170 Å². The number of nitrogens with zero attached hydrogens (tertiary/aromatic N) is 2. The van der Waals surface area contributed by atoms with E-state index in [0.717, 1.165) is 19.6 Å². The van der Waals surface area contributed by atoms with Gasteiger partial charge in [0, 0.05) is 31.4 Å². The standard InChI is InChI=1S/C24H26N2OP/c1-27-19-21-11-9-17-26(21)25-18-20-10-8-16-24(20)28(22-12-4-2-5-13-22)23-14-6-3-7-15-23/h2-8,10,12-16,18,21H,9,11,17,19H2,1H3/b25-18+/t21-/m0/s1. The van der Waals surface area contributed by atoms with Crippen LogP contribution in [0.3, 0.4) is 0 Å². The molecule has 143 valence electrons. The minimum atomic E-state index is -0.606. The molecule has 1 saturated heterocycles. The first-order valence-corrected chi connectivity index (χ1v) is 11.2. The molecule has 28 heavy (non-hydrogen) atoms. The first kappa shape index (κ1) is 19.6. The number of hydrazone groups is 1. The molecule has 4 rings (SSSR count). The molecule has 0 unspecified atom stereocenters. The minimum Gasteiger partial charge on any atom is -0.382 e. The molecule has 0 N–H and O–H groups in total. The number of benzene rings is 2. The van der Waals surface area contributed by atoms with Gasteiger partial charge >= 0.3 is 0 Å². The zero-order valence-corrected chi connectivity index (χ0v) is 17.1. The molecule has 0 spiro atoms. The van der Waals surface area contributed by atoms with Gasteiger partial charge in [0.05, 0.1) is 12.6 Å². The Morgan fingerprint density at radius 3 is 2.36 bits per heavy atom. The predicted octanol–water partition coefficient (Wildman–Crippen LogP) is 3.95. The van der Waals surface area contributed by atoms with Crippen molar-refractivity contribution in [3.05, 3.63) is 91.5 Å². The van der Waals surface area contributed by atoms with Crippen molar-refractivity contribution in [2.45, 2.75) is 18.9 Å². The van der Waals surface area contributed by atoms with E-state index in [9.17, 15) is 0 Å². The Bertz CT molecular complexity index is 712. The van der Waals surface area contributed by atoms with Crippen LogP contribution < -0.4 is 10.6 Å². The van der Waals surface area contributed by atoms with E-state index in [1.54, 1.807) is 7.11 Å². The summed E-state index contributed by atoms with van der Waals surface area (Å²) in [4.78, 5) is 0. The largest absolute Gasteiger partial charge is 0.382 e. The highest BCUT2D eigenvalue weighted by Gasteiger charge is 2.36. The van der Waals surface area contributed by atoms with Gasteiger partial charge in [0.25, 0.3) is 0 Å². The van der Waals surface area contributed by atoms with Gasteiger partial charge in [0.2, 0.25) is 0 Å². The third-order valence-electron chi connectivity index (χ3n) is 5.15. The average molecular weight is 389 g/mol. The molecule has 2 fully saturated rings. The van der Waals surface area contributed by atoms with Gasteiger partial charge in [-0.3, -0.25) is 5.01 Å². The highest BCUT2D eigenvalue weighted by molar-refractivity contribution is 7.76. The van der Waals surface area contributed by atoms with Crippen LogP contribution in [0.4, 0.5) is 0 Å². The Balaban J connectivity index is 1.57. The summed E-state index contributed by atoms with van der Waals surface area (Å²) in [5, 5.41) is 9.75. The van der Waals surface area contributed by atoms with Crippen LogP contribution in [0.25, 0.3) is 0 Å². The number of hydrogen-bond acceptors (Lipinski definition) is 3. The molecular formula is C24H26N2OP. The van der Waals surface area contributed by atoms with Gasteiger partial charge < -0.3 is 4.74 Å². The highest BCUT2D eigenvalue weighted by Crippen LogP contribution is 2.55. The molecule has 1 aliphatic carbocycles. The monoisotopic (exact) mass is 389 g/mol. The van der Waals surface area contributed by atoms with E-state index in [-0.39, 0.29) is 0 Å². The molecule has 3 nitrogen and oxygen atoms in total. The molecule has 2 aliphatic rings. The molecule has 5 radical (unpaired) electrons. The van der Waals surface area contributed by atoms with Gasteiger partial charge in [-0.2, -0.15) is 5.10 Å². The molecule has 1 atom stereocenters. The second-order valence-corrected chi connectivity index (χ2v) is 9.22. The minimum absolute atomic E-state index is 0.393. The normalized spacial score (nSPS) is 21.4. The second kappa shape index (κ2) is 9.67. The van der Waals surface area contributed by atoms with Gasteiger partial charge in [0.15, 0.2) is 0 Å². The predicted molar refractivity (Wildman–Crippen MR) is 119 cm³/mol. The lowest BCUT2D eigenvalue weighted by Crippen LogP contribution is -2.29. The highest BCUT2D eigenvalue weighted by atomic mass is 31.1. The summed E-state index contributed by atoms with van der Waals surface area (Å²) in [7, 11) is 1.16. The number of hydrogen-bond donors (Lipinski definition) is 0. The first-order valence-electron chi connectivity index (χ1n) is 9.82. The van der Waals surface area contributed by atoms with Crippen LogP contribution in [0.5, 0.6) is 0 Å². The summed E-state index contributed by atoms with van der Waals surface area (Å²) in [6.07, 6.45) is 11.0. The Kier molecular flexibility index (Phi) is 6.77. The zero-order chi connectivity index (χ0) is 19.2. The van der Waals surface area contributed by atoms with E-state index < -0.39 is 7.92 Å². The Morgan fingerprint density at radius 2 is 1.71 bits per heavy atom. The fourth-order valence-corrected chi connectivity index (χ4v) is 6.21. The van der Waals surface area contributed by atoms with Crippen LogP contribution in [0, 0.1) is 30.8 Å². The molecule has 0 amide bonds. The molecule has 2 aromatic carbocycles. The van der Waals surface area contributed by atoms with E-state index >= 15 is 0 Å². The van der Waals surface area contributed by atoms with Crippen molar-refractivity contribution < 1.29 is 4.74 Å². The van der Waals surface area contributed by atoms with Gasteiger partial charge in [0.1, 0.15) is 0 Å². The van der Waals surface area contributed by atoms with E-state index in [0.29, 0.717) is 6.04 Å². The third-order valence-corrected chi connectivity index (χ3v) is 7.66. The SMILES string of the molecule is COC[C@@H]1CCCN1/N=C/[C]1[CH][CH][CH][C]1P(c1ccccc1)c1ccccc1. The fourth-order valence-electron chi connectivity index (χ4n) is 3.79. The number of rotatable bonds is 7. The van der Waals surface area contributed by atoms with Gasteiger partial charge in [-0.15, -0.1) is 0 Å². The lowest BCUT2D eigenvalue weighted by atomic mass is 10.1. The van der Waals surface area contributed by atoms with Crippen molar-refractivity contribution in [1.29, 1.82) is 0 Å². The van der Waals surface area contributed by atoms with Crippen molar-refractivity contribution in [3.8, 4) is 0 Å². The lowest BCUT2D eigenvalue weighted by molar-refractivity contribution is 0.118. The van der Waals surface area contributed by atoms with Crippen LogP contribution in [-0.2, 0) is 4.74 Å². The molecule has 1 aliphatic heterocycles. The number of methoxy groups -OCH3 is 1. The summed E-state index contributed by atoms with van der Waals surface area (Å²) in [6, 6.07) is 22.0. The summed E-state index contributed by atoms with van der Waals surface area (Å²) >= 11 is 0.